The van der Waals surface area contributed by atoms with Gasteiger partial charge < -0.3 is 14.5 Å². The third-order valence-corrected chi connectivity index (χ3v) is 6.53. The van der Waals surface area contributed by atoms with Gasteiger partial charge in [-0.2, -0.15) is 4.31 Å². The van der Waals surface area contributed by atoms with E-state index in [-0.39, 0.29) is 31.1 Å². The van der Waals surface area contributed by atoms with Crippen LogP contribution in [0.15, 0.2) is 29.2 Å². The Labute approximate surface area is 153 Å². The molecule has 2 amide bonds. The lowest BCUT2D eigenvalue weighted by molar-refractivity contribution is -0.154. The van der Waals surface area contributed by atoms with Crippen LogP contribution in [0.25, 0.3) is 0 Å². The summed E-state index contributed by atoms with van der Waals surface area (Å²) >= 11 is 0. The van der Waals surface area contributed by atoms with Crippen molar-refractivity contribution >= 4 is 21.8 Å². The molecule has 0 radical (unpaired) electrons. The molecule has 1 aromatic carbocycles. The summed E-state index contributed by atoms with van der Waals surface area (Å²) in [6.45, 7) is 4.30. The second-order valence-electron chi connectivity index (χ2n) is 6.42. The van der Waals surface area contributed by atoms with Gasteiger partial charge in [0.25, 0.3) is 0 Å². The lowest BCUT2D eigenvalue weighted by Gasteiger charge is -2.35. The van der Waals surface area contributed by atoms with Gasteiger partial charge in [0.15, 0.2) is 0 Å². The number of aryl methyl sites for hydroxylation is 1. The number of sulfonamides is 1. The number of nitrogens with zero attached hydrogens (tertiary/aromatic N) is 3. The number of carbonyl (C=O) groups excluding carboxylic acids is 2. The highest BCUT2D eigenvalue weighted by molar-refractivity contribution is 7.89. The number of carbonyl (C=O) groups is 2. The van der Waals surface area contributed by atoms with E-state index < -0.39 is 21.8 Å². The van der Waals surface area contributed by atoms with Crippen molar-refractivity contribution in [3.63, 3.8) is 0 Å². The molecule has 3 rings (SSSR count). The van der Waals surface area contributed by atoms with Crippen molar-refractivity contribution in [2.45, 2.75) is 11.8 Å². The van der Waals surface area contributed by atoms with Gasteiger partial charge in [-0.25, -0.2) is 8.42 Å². The molecule has 0 spiro atoms. The number of hydrogen-bond donors (Lipinski definition) is 0. The Bertz CT molecular complexity index is 781. The molecule has 0 unspecified atom stereocenters. The SMILES string of the molecule is Cc1cccc(S(=O)(=O)N2CCN(C(=O)C(=O)N3CCOCC3)CC2)c1. The molecule has 26 heavy (non-hydrogen) atoms. The molecule has 2 aliphatic heterocycles. The number of hydrogen-bond acceptors (Lipinski definition) is 5. The maximum Gasteiger partial charge on any atom is 0.312 e. The molecule has 9 heteroatoms. The number of ether oxygens (including phenoxy) is 1. The Morgan fingerprint density at radius 1 is 0.923 bits per heavy atom. The van der Waals surface area contributed by atoms with Crippen molar-refractivity contribution < 1.29 is 22.7 Å². The minimum Gasteiger partial charge on any atom is -0.378 e. The molecule has 0 bridgehead atoms. The van der Waals surface area contributed by atoms with E-state index in [4.69, 9.17) is 4.74 Å². The van der Waals surface area contributed by atoms with Gasteiger partial charge in [0.1, 0.15) is 0 Å². The van der Waals surface area contributed by atoms with Crippen molar-refractivity contribution in [1.82, 2.24) is 14.1 Å². The fourth-order valence-corrected chi connectivity index (χ4v) is 4.62. The van der Waals surface area contributed by atoms with Crippen LogP contribution in [0.2, 0.25) is 0 Å². The zero-order chi connectivity index (χ0) is 18.7. The topological polar surface area (TPSA) is 87.2 Å². The van der Waals surface area contributed by atoms with Crippen LogP contribution < -0.4 is 0 Å². The summed E-state index contributed by atoms with van der Waals surface area (Å²) in [6.07, 6.45) is 0. The number of amides is 2. The number of benzene rings is 1. The Kier molecular flexibility index (Phi) is 5.59. The van der Waals surface area contributed by atoms with Crippen molar-refractivity contribution in [3.8, 4) is 0 Å². The molecule has 2 saturated heterocycles. The van der Waals surface area contributed by atoms with Gasteiger partial charge in [0.05, 0.1) is 18.1 Å². The lowest BCUT2D eigenvalue weighted by Crippen LogP contribution is -2.55. The second-order valence-corrected chi connectivity index (χ2v) is 8.36. The van der Waals surface area contributed by atoms with Crippen LogP contribution in [0, 0.1) is 6.92 Å². The highest BCUT2D eigenvalue weighted by Gasteiger charge is 2.34. The molecule has 0 aliphatic carbocycles. The molecule has 0 atom stereocenters. The minimum absolute atomic E-state index is 0.179. The van der Waals surface area contributed by atoms with E-state index >= 15 is 0 Å². The number of piperazine rings is 1. The Hall–Kier alpha value is -1.97. The number of rotatable bonds is 2. The largest absolute Gasteiger partial charge is 0.378 e. The molecular formula is C17H23N3O5S. The summed E-state index contributed by atoms with van der Waals surface area (Å²) in [5.74, 6) is -1.11. The number of morpholine rings is 1. The molecule has 2 heterocycles. The van der Waals surface area contributed by atoms with Crippen LogP contribution in [0.5, 0.6) is 0 Å². The van der Waals surface area contributed by atoms with Crippen molar-refractivity contribution in [1.29, 1.82) is 0 Å². The zero-order valence-corrected chi connectivity index (χ0v) is 15.6. The fourth-order valence-electron chi connectivity index (χ4n) is 3.09. The molecule has 8 nitrogen and oxygen atoms in total. The highest BCUT2D eigenvalue weighted by Crippen LogP contribution is 2.19. The van der Waals surface area contributed by atoms with Crippen molar-refractivity contribution in [2.24, 2.45) is 0 Å². The summed E-state index contributed by atoms with van der Waals surface area (Å²) in [6, 6.07) is 6.76. The van der Waals surface area contributed by atoms with E-state index in [1.54, 1.807) is 18.2 Å². The summed E-state index contributed by atoms with van der Waals surface area (Å²) in [5, 5.41) is 0. The van der Waals surface area contributed by atoms with Crippen LogP contribution in [0.1, 0.15) is 5.56 Å². The van der Waals surface area contributed by atoms with Gasteiger partial charge in [-0.1, -0.05) is 12.1 Å². The first-order valence-electron chi connectivity index (χ1n) is 8.62. The first-order valence-corrected chi connectivity index (χ1v) is 10.1. The van der Waals surface area contributed by atoms with Gasteiger partial charge in [0, 0.05) is 39.3 Å². The molecule has 0 aromatic heterocycles. The summed E-state index contributed by atoms with van der Waals surface area (Å²) in [4.78, 5) is 27.8. The van der Waals surface area contributed by atoms with Crippen LogP contribution in [0.3, 0.4) is 0 Å². The molecule has 2 fully saturated rings. The predicted octanol–water partition coefficient (Wildman–Crippen LogP) is -0.313. The van der Waals surface area contributed by atoms with Crippen LogP contribution in [-0.2, 0) is 24.3 Å². The smallest absolute Gasteiger partial charge is 0.312 e. The third-order valence-electron chi connectivity index (χ3n) is 4.63. The monoisotopic (exact) mass is 381 g/mol. The van der Waals surface area contributed by atoms with Crippen molar-refractivity contribution in [2.75, 3.05) is 52.5 Å². The Balaban J connectivity index is 1.61. The maximum absolute atomic E-state index is 12.7. The van der Waals surface area contributed by atoms with Crippen molar-refractivity contribution in [3.05, 3.63) is 29.8 Å². The Morgan fingerprint density at radius 2 is 1.50 bits per heavy atom. The summed E-state index contributed by atoms with van der Waals surface area (Å²) in [7, 11) is -3.59. The van der Waals surface area contributed by atoms with E-state index in [0.717, 1.165) is 5.56 Å². The molecule has 0 saturated carbocycles. The average molecular weight is 381 g/mol. The van der Waals surface area contributed by atoms with Crippen LogP contribution >= 0.6 is 0 Å². The first kappa shape index (κ1) is 18.8. The van der Waals surface area contributed by atoms with Gasteiger partial charge in [0.2, 0.25) is 10.0 Å². The third kappa shape index (κ3) is 3.89. The quantitative estimate of drug-likeness (QED) is 0.656. The van der Waals surface area contributed by atoms with E-state index in [1.165, 1.54) is 14.1 Å². The highest BCUT2D eigenvalue weighted by atomic mass is 32.2. The Morgan fingerprint density at radius 3 is 2.08 bits per heavy atom. The summed E-state index contributed by atoms with van der Waals surface area (Å²) < 4.78 is 32.0. The maximum atomic E-state index is 12.7. The van der Waals surface area contributed by atoms with E-state index in [1.807, 2.05) is 13.0 Å². The molecule has 1 aromatic rings. The van der Waals surface area contributed by atoms with Gasteiger partial charge in [-0.15, -0.1) is 0 Å². The molecular weight excluding hydrogens is 358 g/mol. The molecule has 2 aliphatic rings. The van der Waals surface area contributed by atoms with Gasteiger partial charge >= 0.3 is 11.8 Å². The zero-order valence-electron chi connectivity index (χ0n) is 14.8. The predicted molar refractivity (Wildman–Crippen MR) is 93.9 cm³/mol. The first-order chi connectivity index (χ1) is 12.4. The van der Waals surface area contributed by atoms with Crippen LogP contribution in [-0.4, -0.2) is 86.8 Å². The fraction of sp³-hybridized carbons (Fsp3) is 0.529. The normalized spacial score (nSPS) is 19.4. The lowest BCUT2D eigenvalue weighted by atomic mass is 10.2. The van der Waals surface area contributed by atoms with E-state index in [0.29, 0.717) is 26.3 Å². The minimum atomic E-state index is -3.59. The van der Waals surface area contributed by atoms with E-state index in [9.17, 15) is 18.0 Å². The van der Waals surface area contributed by atoms with Gasteiger partial charge in [-0.3, -0.25) is 9.59 Å². The van der Waals surface area contributed by atoms with Crippen LogP contribution in [0.4, 0.5) is 0 Å². The standard InChI is InChI=1S/C17H23N3O5S/c1-14-3-2-4-15(13-14)26(23,24)20-7-5-18(6-8-20)16(21)17(22)19-9-11-25-12-10-19/h2-4,13H,5-12H2,1H3. The molecule has 142 valence electrons. The average Bonchev–Trinajstić information content (AvgIpc) is 2.67. The molecule has 0 N–H and O–H groups in total. The van der Waals surface area contributed by atoms with E-state index in [2.05, 4.69) is 0 Å². The summed E-state index contributed by atoms with van der Waals surface area (Å²) in [5.41, 5.74) is 0.871. The second kappa shape index (κ2) is 7.73. The van der Waals surface area contributed by atoms with Gasteiger partial charge in [-0.05, 0) is 24.6 Å².